The zero-order valence-corrected chi connectivity index (χ0v) is 11.3. The summed E-state index contributed by atoms with van der Waals surface area (Å²) in [5.41, 5.74) is 4.73. The molecule has 1 fully saturated rings. The van der Waals surface area contributed by atoms with Crippen molar-refractivity contribution < 1.29 is 9.53 Å². The molecule has 3 N–H and O–H groups in total. The lowest BCUT2D eigenvalue weighted by molar-refractivity contribution is 0.00752. The second-order valence-electron chi connectivity index (χ2n) is 5.64. The minimum Gasteiger partial charge on any atom is -0.444 e. The Kier molecular flexibility index (Phi) is 3.21. The van der Waals surface area contributed by atoms with Gasteiger partial charge >= 0.3 is 6.09 Å². The van der Waals surface area contributed by atoms with E-state index < -0.39 is 5.60 Å². The molecular weight excluding hydrogens is 248 g/mol. The van der Waals surface area contributed by atoms with E-state index in [-0.39, 0.29) is 23.4 Å². The summed E-state index contributed by atoms with van der Waals surface area (Å²) in [7, 11) is 0. The zero-order chi connectivity index (χ0) is 14.2. The summed E-state index contributed by atoms with van der Waals surface area (Å²) < 4.78 is 5.24. The normalized spacial score (nSPS) is 16.1. The van der Waals surface area contributed by atoms with Gasteiger partial charge in [0.25, 0.3) is 5.56 Å². The van der Waals surface area contributed by atoms with Crippen molar-refractivity contribution in [1.29, 1.82) is 0 Å². The molecule has 1 aliphatic heterocycles. The number of aromatic nitrogens is 2. The van der Waals surface area contributed by atoms with Crippen molar-refractivity contribution in [3.8, 4) is 0 Å². The van der Waals surface area contributed by atoms with E-state index in [1.165, 1.54) is 6.07 Å². The summed E-state index contributed by atoms with van der Waals surface area (Å²) in [6.07, 6.45) is -0.352. The number of nitrogens with two attached hydrogens (primary N) is 1. The molecule has 0 radical (unpaired) electrons. The average molecular weight is 266 g/mol. The van der Waals surface area contributed by atoms with Gasteiger partial charge in [0.1, 0.15) is 17.2 Å². The molecule has 0 saturated carbocycles. The van der Waals surface area contributed by atoms with Gasteiger partial charge < -0.3 is 20.4 Å². The molecule has 19 heavy (non-hydrogen) atoms. The second kappa shape index (κ2) is 4.56. The van der Waals surface area contributed by atoms with Gasteiger partial charge in [-0.05, 0) is 20.8 Å². The van der Waals surface area contributed by atoms with Crippen LogP contribution in [0.3, 0.4) is 0 Å². The van der Waals surface area contributed by atoms with E-state index in [4.69, 9.17) is 10.5 Å². The fourth-order valence-electron chi connectivity index (χ4n) is 1.82. The lowest BCUT2D eigenvalue weighted by Crippen LogP contribution is -2.51. The Balaban J connectivity index is 1.96. The molecule has 0 unspecified atom stereocenters. The Morgan fingerprint density at radius 1 is 1.53 bits per heavy atom. The Morgan fingerprint density at radius 2 is 2.16 bits per heavy atom. The van der Waals surface area contributed by atoms with E-state index in [1.54, 1.807) is 4.90 Å². The van der Waals surface area contributed by atoms with E-state index in [0.717, 1.165) is 0 Å². The molecule has 1 aliphatic rings. The van der Waals surface area contributed by atoms with Crippen molar-refractivity contribution in [1.82, 2.24) is 14.9 Å². The molecule has 7 heteroatoms. The first-order valence-corrected chi connectivity index (χ1v) is 6.09. The van der Waals surface area contributed by atoms with E-state index >= 15 is 0 Å². The topological polar surface area (TPSA) is 101 Å². The second-order valence-corrected chi connectivity index (χ2v) is 5.64. The van der Waals surface area contributed by atoms with Gasteiger partial charge in [0.15, 0.2) is 0 Å². The van der Waals surface area contributed by atoms with Gasteiger partial charge in [-0.15, -0.1) is 0 Å². The number of nitrogens with zero attached hydrogens (tertiary/aromatic N) is 2. The van der Waals surface area contributed by atoms with Crippen LogP contribution in [0.2, 0.25) is 0 Å². The van der Waals surface area contributed by atoms with E-state index in [0.29, 0.717) is 18.9 Å². The first kappa shape index (κ1) is 13.4. The zero-order valence-electron chi connectivity index (χ0n) is 11.3. The van der Waals surface area contributed by atoms with Crippen LogP contribution in [0.15, 0.2) is 10.9 Å². The molecule has 1 aromatic rings. The van der Waals surface area contributed by atoms with Gasteiger partial charge in [-0.2, -0.15) is 0 Å². The smallest absolute Gasteiger partial charge is 0.410 e. The number of carbonyl (C=O) groups is 1. The maximum absolute atomic E-state index is 11.7. The number of hydrogen-bond acceptors (Lipinski definition) is 5. The van der Waals surface area contributed by atoms with Crippen molar-refractivity contribution in [3.05, 3.63) is 22.2 Å². The fourth-order valence-corrected chi connectivity index (χ4v) is 1.82. The summed E-state index contributed by atoms with van der Waals surface area (Å²) in [5, 5.41) is 0. The third kappa shape index (κ3) is 3.24. The predicted molar refractivity (Wildman–Crippen MR) is 69.8 cm³/mol. The largest absolute Gasteiger partial charge is 0.444 e. The Hall–Kier alpha value is -2.05. The van der Waals surface area contributed by atoms with E-state index in [9.17, 15) is 9.59 Å². The van der Waals surface area contributed by atoms with Crippen LogP contribution in [0.5, 0.6) is 0 Å². The quantitative estimate of drug-likeness (QED) is 0.778. The molecule has 0 bridgehead atoms. The minimum atomic E-state index is -0.508. The van der Waals surface area contributed by atoms with Gasteiger partial charge in [0.05, 0.1) is 5.92 Å². The highest BCUT2D eigenvalue weighted by atomic mass is 16.6. The van der Waals surface area contributed by atoms with Gasteiger partial charge in [0.2, 0.25) is 0 Å². The van der Waals surface area contributed by atoms with Crippen LogP contribution in [0, 0.1) is 0 Å². The average Bonchev–Trinajstić information content (AvgIpc) is 2.09. The summed E-state index contributed by atoms with van der Waals surface area (Å²) in [6.45, 7) is 6.40. The molecular formula is C12H18N4O3. The van der Waals surface area contributed by atoms with Crippen molar-refractivity contribution in [3.63, 3.8) is 0 Å². The number of nitrogen functional groups attached to an aromatic ring is 1. The molecule has 1 amide bonds. The van der Waals surface area contributed by atoms with Crippen LogP contribution in [0.4, 0.5) is 10.6 Å². The summed E-state index contributed by atoms with van der Waals surface area (Å²) in [6, 6.07) is 1.23. The standard InChI is InChI=1S/C12H18N4O3/c1-12(2,3)19-11(18)16-5-7(6-16)10-14-8(13)4-9(17)15-10/h4,7H,5-6H2,1-3H3,(H3,13,14,15,17). The number of H-pyrrole nitrogens is 1. The Labute approximate surface area is 110 Å². The molecule has 0 aromatic carbocycles. The number of aromatic amines is 1. The molecule has 2 heterocycles. The number of ether oxygens (including phenoxy) is 1. The van der Waals surface area contributed by atoms with E-state index in [2.05, 4.69) is 9.97 Å². The lowest BCUT2D eigenvalue weighted by atomic mass is 10.00. The highest BCUT2D eigenvalue weighted by Crippen LogP contribution is 2.25. The number of nitrogens with one attached hydrogen (secondary N) is 1. The third-order valence-electron chi connectivity index (χ3n) is 2.70. The number of rotatable bonds is 1. The van der Waals surface area contributed by atoms with E-state index in [1.807, 2.05) is 20.8 Å². The molecule has 1 saturated heterocycles. The van der Waals surface area contributed by atoms with Crippen LogP contribution in [0.1, 0.15) is 32.5 Å². The molecule has 1 aromatic heterocycles. The SMILES string of the molecule is CC(C)(C)OC(=O)N1CC(c2nc(N)cc(=O)[nH]2)C1. The summed E-state index contributed by atoms with van der Waals surface area (Å²) in [4.78, 5) is 31.3. The van der Waals surface area contributed by atoms with Gasteiger partial charge in [0, 0.05) is 19.2 Å². The van der Waals surface area contributed by atoms with Gasteiger partial charge in [-0.3, -0.25) is 4.79 Å². The number of carbonyl (C=O) groups excluding carboxylic acids is 1. The molecule has 0 aliphatic carbocycles. The monoisotopic (exact) mass is 266 g/mol. The third-order valence-corrected chi connectivity index (χ3v) is 2.70. The first-order chi connectivity index (χ1) is 8.74. The molecule has 104 valence electrons. The maximum atomic E-state index is 11.7. The highest BCUT2D eigenvalue weighted by molar-refractivity contribution is 5.69. The molecule has 7 nitrogen and oxygen atoms in total. The van der Waals surface area contributed by atoms with Crippen molar-refractivity contribution in [2.75, 3.05) is 18.8 Å². The van der Waals surface area contributed by atoms with Crippen LogP contribution < -0.4 is 11.3 Å². The van der Waals surface area contributed by atoms with Crippen LogP contribution >= 0.6 is 0 Å². The minimum absolute atomic E-state index is 0.00344. The van der Waals surface area contributed by atoms with Crippen LogP contribution in [-0.4, -0.2) is 39.7 Å². The predicted octanol–water partition coefficient (Wildman–Crippen LogP) is 0.686. The molecule has 2 rings (SSSR count). The van der Waals surface area contributed by atoms with Crippen LogP contribution in [0.25, 0.3) is 0 Å². The number of likely N-dealkylation sites (tertiary alicyclic amines) is 1. The van der Waals surface area contributed by atoms with Crippen molar-refractivity contribution in [2.45, 2.75) is 32.3 Å². The van der Waals surface area contributed by atoms with Crippen molar-refractivity contribution in [2.24, 2.45) is 0 Å². The number of hydrogen-bond donors (Lipinski definition) is 2. The maximum Gasteiger partial charge on any atom is 0.410 e. The summed E-state index contributed by atoms with van der Waals surface area (Å²) >= 11 is 0. The molecule has 0 spiro atoms. The van der Waals surface area contributed by atoms with Crippen LogP contribution in [-0.2, 0) is 4.74 Å². The number of amides is 1. The Morgan fingerprint density at radius 3 is 2.68 bits per heavy atom. The number of anilines is 1. The Bertz CT molecular complexity index is 541. The highest BCUT2D eigenvalue weighted by Gasteiger charge is 2.35. The first-order valence-electron chi connectivity index (χ1n) is 6.09. The fraction of sp³-hybridized carbons (Fsp3) is 0.583. The lowest BCUT2D eigenvalue weighted by Gasteiger charge is -2.39. The summed E-state index contributed by atoms with van der Waals surface area (Å²) in [5.74, 6) is 0.711. The van der Waals surface area contributed by atoms with Crippen molar-refractivity contribution >= 4 is 11.9 Å². The van der Waals surface area contributed by atoms with Gasteiger partial charge in [-0.1, -0.05) is 0 Å². The molecule has 0 atom stereocenters. The van der Waals surface area contributed by atoms with Gasteiger partial charge in [-0.25, -0.2) is 9.78 Å².